The Kier molecular flexibility index (Phi) is 3.88. The van der Waals surface area contributed by atoms with Crippen molar-refractivity contribution in [1.82, 2.24) is 4.98 Å². The van der Waals surface area contributed by atoms with Gasteiger partial charge in [-0.15, -0.1) is 17.9 Å². The van der Waals surface area contributed by atoms with Gasteiger partial charge in [-0.3, -0.25) is 0 Å². The summed E-state index contributed by atoms with van der Waals surface area (Å²) in [5, 5.41) is 4.30. The second kappa shape index (κ2) is 5.80. The molecule has 1 aliphatic rings. The molecule has 1 saturated carbocycles. The number of hydrogen-bond acceptors (Lipinski definition) is 3. The number of nitrogens with one attached hydrogen (secondary N) is 1. The SMILES string of the molecule is C=CCNc1ncc(C2(c3ccccc3)CCCC2)s1. The zero-order valence-electron chi connectivity index (χ0n) is 11.6. The Bertz CT molecular complexity index is 568. The van der Waals surface area contributed by atoms with Crippen LogP contribution < -0.4 is 5.32 Å². The predicted molar refractivity (Wildman–Crippen MR) is 86.5 cm³/mol. The van der Waals surface area contributed by atoms with E-state index < -0.39 is 0 Å². The van der Waals surface area contributed by atoms with E-state index >= 15 is 0 Å². The number of benzene rings is 1. The van der Waals surface area contributed by atoms with Gasteiger partial charge in [-0.05, 0) is 18.4 Å². The molecular formula is C17H20N2S. The van der Waals surface area contributed by atoms with Gasteiger partial charge in [-0.1, -0.05) is 49.2 Å². The third kappa shape index (κ3) is 2.38. The summed E-state index contributed by atoms with van der Waals surface area (Å²) in [6.45, 7) is 4.50. The number of nitrogens with zero attached hydrogens (tertiary/aromatic N) is 1. The lowest BCUT2D eigenvalue weighted by Gasteiger charge is -2.28. The fourth-order valence-corrected chi connectivity index (χ4v) is 4.24. The second-order valence-corrected chi connectivity index (χ2v) is 6.39. The molecule has 104 valence electrons. The molecule has 20 heavy (non-hydrogen) atoms. The molecule has 1 aromatic heterocycles. The fourth-order valence-electron chi connectivity index (χ4n) is 3.15. The fraction of sp³-hybridized carbons (Fsp3) is 0.353. The summed E-state index contributed by atoms with van der Waals surface area (Å²) < 4.78 is 0. The maximum Gasteiger partial charge on any atom is 0.183 e. The van der Waals surface area contributed by atoms with Gasteiger partial charge in [0.2, 0.25) is 0 Å². The highest BCUT2D eigenvalue weighted by Crippen LogP contribution is 2.48. The molecule has 1 aromatic carbocycles. The van der Waals surface area contributed by atoms with Crippen LogP contribution in [-0.4, -0.2) is 11.5 Å². The molecule has 0 atom stereocenters. The lowest BCUT2D eigenvalue weighted by Crippen LogP contribution is -2.22. The van der Waals surface area contributed by atoms with Gasteiger partial charge in [-0.25, -0.2) is 4.98 Å². The first-order valence-electron chi connectivity index (χ1n) is 7.22. The van der Waals surface area contributed by atoms with Crippen LogP contribution in [0.4, 0.5) is 5.13 Å². The van der Waals surface area contributed by atoms with Crippen molar-refractivity contribution in [1.29, 1.82) is 0 Å². The third-order valence-electron chi connectivity index (χ3n) is 4.16. The first-order valence-corrected chi connectivity index (χ1v) is 8.03. The van der Waals surface area contributed by atoms with Crippen LogP contribution >= 0.6 is 11.3 Å². The number of anilines is 1. The van der Waals surface area contributed by atoms with E-state index in [9.17, 15) is 0 Å². The Morgan fingerprint density at radius 3 is 2.70 bits per heavy atom. The van der Waals surface area contributed by atoms with Gasteiger partial charge in [0.25, 0.3) is 0 Å². The van der Waals surface area contributed by atoms with Crippen molar-refractivity contribution < 1.29 is 0 Å². The van der Waals surface area contributed by atoms with Crippen molar-refractivity contribution in [2.75, 3.05) is 11.9 Å². The number of aromatic nitrogens is 1. The number of hydrogen-bond donors (Lipinski definition) is 1. The molecule has 0 saturated heterocycles. The molecule has 3 heteroatoms. The highest BCUT2D eigenvalue weighted by atomic mass is 32.1. The first kappa shape index (κ1) is 13.4. The second-order valence-electron chi connectivity index (χ2n) is 5.35. The van der Waals surface area contributed by atoms with Gasteiger partial charge in [0.05, 0.1) is 0 Å². The van der Waals surface area contributed by atoms with E-state index in [4.69, 9.17) is 0 Å². The van der Waals surface area contributed by atoms with E-state index in [2.05, 4.69) is 53.4 Å². The van der Waals surface area contributed by atoms with Crippen LogP contribution in [0.15, 0.2) is 49.2 Å². The summed E-state index contributed by atoms with van der Waals surface area (Å²) in [6.07, 6.45) is 9.02. The zero-order valence-corrected chi connectivity index (χ0v) is 12.5. The van der Waals surface area contributed by atoms with Crippen LogP contribution in [-0.2, 0) is 5.41 Å². The summed E-state index contributed by atoms with van der Waals surface area (Å²) in [7, 11) is 0. The maximum absolute atomic E-state index is 4.53. The molecule has 0 spiro atoms. The molecule has 0 radical (unpaired) electrons. The monoisotopic (exact) mass is 284 g/mol. The maximum atomic E-state index is 4.53. The summed E-state index contributed by atoms with van der Waals surface area (Å²) in [5.41, 5.74) is 1.63. The van der Waals surface area contributed by atoms with E-state index in [0.29, 0.717) is 0 Å². The van der Waals surface area contributed by atoms with Gasteiger partial charge in [0.1, 0.15) is 0 Å². The Labute approximate surface area is 124 Å². The van der Waals surface area contributed by atoms with Crippen LogP contribution in [0.5, 0.6) is 0 Å². The van der Waals surface area contributed by atoms with Gasteiger partial charge < -0.3 is 5.32 Å². The number of thiazole rings is 1. The zero-order chi connectivity index (χ0) is 13.8. The molecule has 1 N–H and O–H groups in total. The molecule has 0 bridgehead atoms. The van der Waals surface area contributed by atoms with Gasteiger partial charge in [-0.2, -0.15) is 0 Å². The average Bonchev–Trinajstić information content (AvgIpc) is 3.16. The first-order chi connectivity index (χ1) is 9.85. The van der Waals surface area contributed by atoms with Crippen molar-refractivity contribution in [3.63, 3.8) is 0 Å². The number of rotatable bonds is 5. The molecule has 1 heterocycles. The lowest BCUT2D eigenvalue weighted by molar-refractivity contribution is 0.545. The lowest BCUT2D eigenvalue weighted by atomic mass is 9.78. The van der Waals surface area contributed by atoms with E-state index in [-0.39, 0.29) is 5.41 Å². The van der Waals surface area contributed by atoms with E-state index in [0.717, 1.165) is 11.7 Å². The summed E-state index contributed by atoms with van der Waals surface area (Å²) >= 11 is 1.79. The Hall–Kier alpha value is -1.61. The predicted octanol–water partition coefficient (Wildman–Crippen LogP) is 4.60. The molecule has 0 amide bonds. The molecular weight excluding hydrogens is 264 g/mol. The highest BCUT2D eigenvalue weighted by Gasteiger charge is 2.38. The third-order valence-corrected chi connectivity index (χ3v) is 5.32. The average molecular weight is 284 g/mol. The Balaban J connectivity index is 1.95. The molecule has 2 aromatic rings. The summed E-state index contributed by atoms with van der Waals surface area (Å²) in [4.78, 5) is 5.92. The van der Waals surface area contributed by atoms with Crippen molar-refractivity contribution >= 4 is 16.5 Å². The quantitative estimate of drug-likeness (QED) is 0.812. The van der Waals surface area contributed by atoms with Gasteiger partial charge in [0.15, 0.2) is 5.13 Å². The highest BCUT2D eigenvalue weighted by molar-refractivity contribution is 7.15. The van der Waals surface area contributed by atoms with E-state index in [1.54, 1.807) is 11.3 Å². The largest absolute Gasteiger partial charge is 0.358 e. The van der Waals surface area contributed by atoms with Gasteiger partial charge in [0, 0.05) is 23.0 Å². The minimum atomic E-state index is 0.188. The van der Waals surface area contributed by atoms with Crippen molar-refractivity contribution in [2.24, 2.45) is 0 Å². The van der Waals surface area contributed by atoms with Crippen LogP contribution in [0.3, 0.4) is 0 Å². The van der Waals surface area contributed by atoms with Crippen LogP contribution in [0.25, 0.3) is 0 Å². The van der Waals surface area contributed by atoms with Crippen LogP contribution in [0.2, 0.25) is 0 Å². The van der Waals surface area contributed by atoms with Crippen molar-refractivity contribution in [2.45, 2.75) is 31.1 Å². The Morgan fingerprint density at radius 1 is 1.25 bits per heavy atom. The molecule has 0 aliphatic heterocycles. The smallest absolute Gasteiger partial charge is 0.183 e. The molecule has 0 unspecified atom stereocenters. The minimum absolute atomic E-state index is 0.188. The summed E-state index contributed by atoms with van der Waals surface area (Å²) in [6, 6.07) is 10.9. The molecule has 2 nitrogen and oxygen atoms in total. The summed E-state index contributed by atoms with van der Waals surface area (Å²) in [5.74, 6) is 0. The van der Waals surface area contributed by atoms with Gasteiger partial charge >= 0.3 is 0 Å². The standard InChI is InChI=1S/C17H20N2S/c1-2-12-18-16-19-13-15(20-16)17(10-6-7-11-17)14-8-4-3-5-9-14/h2-5,8-9,13H,1,6-7,10-12H2,(H,18,19). The van der Waals surface area contributed by atoms with Crippen LogP contribution in [0, 0.1) is 0 Å². The van der Waals surface area contributed by atoms with E-state index in [1.807, 2.05) is 6.08 Å². The molecule has 3 rings (SSSR count). The van der Waals surface area contributed by atoms with Crippen molar-refractivity contribution in [3.8, 4) is 0 Å². The normalized spacial score (nSPS) is 17.0. The Morgan fingerprint density at radius 2 is 2.00 bits per heavy atom. The van der Waals surface area contributed by atoms with Crippen molar-refractivity contribution in [3.05, 3.63) is 59.6 Å². The van der Waals surface area contributed by atoms with E-state index in [1.165, 1.54) is 36.1 Å². The minimum Gasteiger partial charge on any atom is -0.358 e. The van der Waals surface area contributed by atoms with Crippen LogP contribution in [0.1, 0.15) is 36.1 Å². The topological polar surface area (TPSA) is 24.9 Å². The molecule has 1 fully saturated rings. The molecule has 1 aliphatic carbocycles.